The number of alkyl halides is 1. The molecule has 2 rings (SSSR count). The second-order valence-corrected chi connectivity index (χ2v) is 9.18. The maximum absolute atomic E-state index is 12.6. The molecule has 0 unspecified atom stereocenters. The van der Waals surface area contributed by atoms with Gasteiger partial charge >= 0.3 is 6.09 Å². The van der Waals surface area contributed by atoms with Crippen molar-refractivity contribution < 1.29 is 14.3 Å². The number of rotatable bonds is 2. The number of nitrogens with zero attached hydrogens (tertiary/aromatic N) is 2. The van der Waals surface area contributed by atoms with Gasteiger partial charge in [-0.3, -0.25) is 4.79 Å². The lowest BCUT2D eigenvalue weighted by molar-refractivity contribution is -0.138. The minimum atomic E-state index is -0.540. The lowest BCUT2D eigenvalue weighted by atomic mass is 9.83. The van der Waals surface area contributed by atoms with E-state index in [9.17, 15) is 9.59 Å². The molecule has 5 nitrogen and oxygen atoms in total. The molecule has 0 N–H and O–H groups in total. The molecule has 0 aromatic carbocycles. The average Bonchev–Trinajstić information content (AvgIpc) is 2.87. The summed E-state index contributed by atoms with van der Waals surface area (Å²) in [6, 6.07) is 0. The first kappa shape index (κ1) is 18.4. The molecule has 0 bridgehead atoms. The number of fused-ring (bicyclic) bond motifs is 1. The van der Waals surface area contributed by atoms with E-state index >= 15 is 0 Å². The first-order valence-corrected chi connectivity index (χ1v) is 8.75. The maximum atomic E-state index is 12.6. The van der Waals surface area contributed by atoms with Crippen LogP contribution in [0.2, 0.25) is 0 Å². The Kier molecular flexibility index (Phi) is 4.66. The van der Waals surface area contributed by atoms with Crippen LogP contribution in [0.1, 0.15) is 41.5 Å². The van der Waals surface area contributed by atoms with Crippen LogP contribution in [0, 0.1) is 16.7 Å². The first-order chi connectivity index (χ1) is 10.4. The van der Waals surface area contributed by atoms with E-state index in [1.807, 2.05) is 39.5 Å². The molecule has 0 aromatic heterocycles. The summed E-state index contributed by atoms with van der Waals surface area (Å²) < 4.78 is 5.47. The minimum absolute atomic E-state index is 0.0606. The van der Waals surface area contributed by atoms with Crippen LogP contribution in [-0.4, -0.2) is 59.5 Å². The predicted molar refractivity (Wildman–Crippen MR) is 90.5 cm³/mol. The van der Waals surface area contributed by atoms with Gasteiger partial charge in [-0.05, 0) is 34.6 Å². The van der Waals surface area contributed by atoms with E-state index in [0.717, 1.165) is 0 Å². The fourth-order valence-electron chi connectivity index (χ4n) is 3.45. The summed E-state index contributed by atoms with van der Waals surface area (Å²) >= 11 is 5.93. The van der Waals surface area contributed by atoms with E-state index in [0.29, 0.717) is 38.0 Å². The van der Waals surface area contributed by atoms with Gasteiger partial charge < -0.3 is 14.5 Å². The van der Waals surface area contributed by atoms with Crippen molar-refractivity contribution in [2.45, 2.75) is 47.1 Å². The van der Waals surface area contributed by atoms with Gasteiger partial charge in [0, 0.05) is 43.4 Å². The molecule has 6 heteroatoms. The summed E-state index contributed by atoms with van der Waals surface area (Å²) in [5.41, 5.74) is -1.08. The fraction of sp³-hybridized carbons (Fsp3) is 0.882. The van der Waals surface area contributed by atoms with Crippen LogP contribution in [-0.2, 0) is 9.53 Å². The molecule has 2 aliphatic heterocycles. The maximum Gasteiger partial charge on any atom is 0.410 e. The highest BCUT2D eigenvalue weighted by Crippen LogP contribution is 2.43. The highest BCUT2D eigenvalue weighted by atomic mass is 35.5. The molecule has 2 aliphatic rings. The van der Waals surface area contributed by atoms with E-state index in [4.69, 9.17) is 16.3 Å². The first-order valence-electron chi connectivity index (χ1n) is 8.21. The zero-order valence-corrected chi connectivity index (χ0v) is 15.9. The number of hydrogen-bond acceptors (Lipinski definition) is 3. The van der Waals surface area contributed by atoms with Gasteiger partial charge in [-0.1, -0.05) is 6.92 Å². The van der Waals surface area contributed by atoms with Crippen molar-refractivity contribution >= 4 is 23.6 Å². The smallest absolute Gasteiger partial charge is 0.410 e. The standard InChI is InChI=1S/C17H29ClN2O3/c1-15(2,3)23-14(22)20-8-12-7-19(10-17(12,6)11-20)13(21)16(4,5)9-18/h12H,7-11H2,1-6H3/t12-,17-/m0/s1. The molecule has 2 heterocycles. The van der Waals surface area contributed by atoms with Crippen molar-refractivity contribution in [2.24, 2.45) is 16.7 Å². The SMILES string of the molecule is CC(C)(C)OC(=O)N1C[C@@H]2CN(C(=O)C(C)(C)CCl)C[C@@]2(C)C1. The lowest BCUT2D eigenvalue weighted by Gasteiger charge is -2.31. The number of halogens is 1. The van der Waals surface area contributed by atoms with Crippen LogP contribution < -0.4 is 0 Å². The number of likely N-dealkylation sites (tertiary alicyclic amines) is 2. The molecule has 0 spiro atoms. The summed E-state index contributed by atoms with van der Waals surface area (Å²) in [7, 11) is 0. The summed E-state index contributed by atoms with van der Waals surface area (Å²) in [5, 5.41) is 0. The van der Waals surface area contributed by atoms with E-state index in [2.05, 4.69) is 6.92 Å². The molecule has 0 radical (unpaired) electrons. The number of hydrogen-bond donors (Lipinski definition) is 0. The molecule has 2 saturated heterocycles. The molecule has 2 atom stereocenters. The van der Waals surface area contributed by atoms with E-state index in [1.54, 1.807) is 4.90 Å². The number of amides is 2. The predicted octanol–water partition coefficient (Wildman–Crippen LogP) is 2.97. The third kappa shape index (κ3) is 3.76. The van der Waals surface area contributed by atoms with Gasteiger partial charge in [0.05, 0.1) is 5.41 Å². The van der Waals surface area contributed by atoms with E-state index in [1.165, 1.54) is 0 Å². The molecular weight excluding hydrogens is 316 g/mol. The Labute approximate surface area is 144 Å². The molecule has 0 aromatic rings. The van der Waals surface area contributed by atoms with Crippen molar-refractivity contribution in [3.8, 4) is 0 Å². The van der Waals surface area contributed by atoms with Gasteiger partial charge in [0.2, 0.25) is 5.91 Å². The molecule has 0 saturated carbocycles. The van der Waals surface area contributed by atoms with Crippen molar-refractivity contribution in [3.05, 3.63) is 0 Å². The summed E-state index contributed by atoms with van der Waals surface area (Å²) in [5.74, 6) is 0.713. The van der Waals surface area contributed by atoms with Crippen LogP contribution >= 0.6 is 11.6 Å². The molecule has 0 aliphatic carbocycles. The second-order valence-electron chi connectivity index (χ2n) is 8.92. The normalized spacial score (nSPS) is 28.0. The zero-order chi connectivity index (χ0) is 17.6. The Morgan fingerprint density at radius 1 is 1.13 bits per heavy atom. The van der Waals surface area contributed by atoms with Crippen molar-refractivity contribution in [3.63, 3.8) is 0 Å². The van der Waals surface area contributed by atoms with Crippen LogP contribution in [0.3, 0.4) is 0 Å². The van der Waals surface area contributed by atoms with Gasteiger partial charge in [0.1, 0.15) is 5.60 Å². The quantitative estimate of drug-likeness (QED) is 0.724. The Hall–Kier alpha value is -0.970. The molecule has 2 amide bonds. The summed E-state index contributed by atoms with van der Waals surface area (Å²) in [4.78, 5) is 28.6. The zero-order valence-electron chi connectivity index (χ0n) is 15.1. The van der Waals surface area contributed by atoms with Crippen molar-refractivity contribution in [2.75, 3.05) is 32.1 Å². The highest BCUT2D eigenvalue weighted by Gasteiger charge is 2.53. The molecule has 23 heavy (non-hydrogen) atoms. The summed E-state index contributed by atoms with van der Waals surface area (Å²) in [6.07, 6.45) is -0.257. The lowest BCUT2D eigenvalue weighted by Crippen LogP contribution is -2.44. The Morgan fingerprint density at radius 2 is 1.65 bits per heavy atom. The van der Waals surface area contributed by atoms with Crippen LogP contribution in [0.4, 0.5) is 4.79 Å². The monoisotopic (exact) mass is 344 g/mol. The third-order valence-electron chi connectivity index (χ3n) is 4.82. The van der Waals surface area contributed by atoms with Gasteiger partial charge in [0.15, 0.2) is 0 Å². The second kappa shape index (κ2) is 5.83. The van der Waals surface area contributed by atoms with Crippen LogP contribution in [0.5, 0.6) is 0 Å². The van der Waals surface area contributed by atoms with Crippen molar-refractivity contribution in [1.29, 1.82) is 0 Å². The van der Waals surface area contributed by atoms with Gasteiger partial charge in [-0.2, -0.15) is 0 Å². The fourth-order valence-corrected chi connectivity index (χ4v) is 3.56. The van der Waals surface area contributed by atoms with Gasteiger partial charge in [-0.25, -0.2) is 4.79 Å². The average molecular weight is 345 g/mol. The largest absolute Gasteiger partial charge is 0.444 e. The molecule has 132 valence electrons. The number of carbonyl (C=O) groups is 2. The Balaban J connectivity index is 2.01. The Bertz CT molecular complexity index is 501. The third-order valence-corrected chi connectivity index (χ3v) is 5.49. The van der Waals surface area contributed by atoms with Gasteiger partial charge in [-0.15, -0.1) is 11.6 Å². The summed E-state index contributed by atoms with van der Waals surface area (Å²) in [6.45, 7) is 14.2. The van der Waals surface area contributed by atoms with Crippen LogP contribution in [0.15, 0.2) is 0 Å². The highest BCUT2D eigenvalue weighted by molar-refractivity contribution is 6.19. The molecule has 2 fully saturated rings. The van der Waals surface area contributed by atoms with E-state index in [-0.39, 0.29) is 17.4 Å². The minimum Gasteiger partial charge on any atom is -0.444 e. The topological polar surface area (TPSA) is 49.9 Å². The number of ether oxygens (including phenoxy) is 1. The Morgan fingerprint density at radius 3 is 2.13 bits per heavy atom. The van der Waals surface area contributed by atoms with Gasteiger partial charge in [0.25, 0.3) is 0 Å². The van der Waals surface area contributed by atoms with Crippen molar-refractivity contribution in [1.82, 2.24) is 9.80 Å². The number of carbonyl (C=O) groups excluding carboxylic acids is 2. The van der Waals surface area contributed by atoms with Crippen LogP contribution in [0.25, 0.3) is 0 Å². The molecular formula is C17H29ClN2O3. The van der Waals surface area contributed by atoms with E-state index < -0.39 is 11.0 Å².